The molecular formula is C9H10N2O2. The smallest absolute Gasteiger partial charge is 0.269 e. The standard InChI is InChI=1S/C9H10N2O2/c1-7(10-2)8-3-5-9(6-4-8)11(12)13/h3-6H,1-2H3. The van der Waals surface area contributed by atoms with E-state index in [9.17, 15) is 10.1 Å². The summed E-state index contributed by atoms with van der Waals surface area (Å²) < 4.78 is 0. The van der Waals surface area contributed by atoms with Gasteiger partial charge in [-0.2, -0.15) is 0 Å². The molecule has 0 aliphatic rings. The van der Waals surface area contributed by atoms with Crippen LogP contribution in [0, 0.1) is 10.1 Å². The van der Waals surface area contributed by atoms with Gasteiger partial charge in [0.2, 0.25) is 0 Å². The van der Waals surface area contributed by atoms with Crippen molar-refractivity contribution >= 4 is 11.4 Å². The third-order valence-electron chi connectivity index (χ3n) is 1.83. The maximum absolute atomic E-state index is 10.3. The van der Waals surface area contributed by atoms with Gasteiger partial charge in [-0.05, 0) is 24.6 Å². The summed E-state index contributed by atoms with van der Waals surface area (Å²) in [6, 6.07) is 6.34. The number of aliphatic imine (C=N–C) groups is 1. The zero-order chi connectivity index (χ0) is 9.84. The summed E-state index contributed by atoms with van der Waals surface area (Å²) in [7, 11) is 1.69. The Morgan fingerprint density at radius 3 is 2.31 bits per heavy atom. The molecule has 1 aromatic carbocycles. The summed E-state index contributed by atoms with van der Waals surface area (Å²) in [6.45, 7) is 1.86. The van der Waals surface area contributed by atoms with Gasteiger partial charge in [0.1, 0.15) is 0 Å². The van der Waals surface area contributed by atoms with E-state index in [2.05, 4.69) is 4.99 Å². The minimum absolute atomic E-state index is 0.104. The van der Waals surface area contributed by atoms with Crippen LogP contribution in [0.3, 0.4) is 0 Å². The molecule has 0 aromatic heterocycles. The number of hydrogen-bond donors (Lipinski definition) is 0. The van der Waals surface area contributed by atoms with Crippen molar-refractivity contribution in [1.29, 1.82) is 0 Å². The van der Waals surface area contributed by atoms with Gasteiger partial charge in [0, 0.05) is 24.9 Å². The van der Waals surface area contributed by atoms with E-state index in [1.165, 1.54) is 12.1 Å². The van der Waals surface area contributed by atoms with Gasteiger partial charge in [0.05, 0.1) is 4.92 Å². The highest BCUT2D eigenvalue weighted by atomic mass is 16.6. The third-order valence-corrected chi connectivity index (χ3v) is 1.83. The molecule has 0 radical (unpaired) electrons. The van der Waals surface area contributed by atoms with Crippen LogP contribution in [0.5, 0.6) is 0 Å². The van der Waals surface area contributed by atoms with E-state index in [0.717, 1.165) is 11.3 Å². The first-order valence-corrected chi connectivity index (χ1v) is 3.83. The van der Waals surface area contributed by atoms with E-state index in [1.54, 1.807) is 19.2 Å². The molecule has 68 valence electrons. The van der Waals surface area contributed by atoms with Crippen molar-refractivity contribution in [2.24, 2.45) is 4.99 Å². The number of rotatable bonds is 2. The Bertz CT molecular complexity index is 341. The molecule has 0 saturated heterocycles. The van der Waals surface area contributed by atoms with E-state index in [1.807, 2.05) is 6.92 Å². The predicted octanol–water partition coefficient (Wildman–Crippen LogP) is 2.03. The van der Waals surface area contributed by atoms with Crippen LogP contribution in [0.25, 0.3) is 0 Å². The second-order valence-electron chi connectivity index (χ2n) is 2.61. The molecule has 0 aliphatic heterocycles. The molecule has 0 aliphatic carbocycles. The normalized spacial score (nSPS) is 11.4. The van der Waals surface area contributed by atoms with Gasteiger partial charge in [-0.25, -0.2) is 0 Å². The van der Waals surface area contributed by atoms with Gasteiger partial charge in [-0.15, -0.1) is 0 Å². The van der Waals surface area contributed by atoms with Gasteiger partial charge in [0.15, 0.2) is 0 Å². The van der Waals surface area contributed by atoms with E-state index in [4.69, 9.17) is 0 Å². The second-order valence-corrected chi connectivity index (χ2v) is 2.61. The third kappa shape index (κ3) is 2.11. The van der Waals surface area contributed by atoms with Crippen LogP contribution < -0.4 is 0 Å². The molecule has 0 N–H and O–H groups in total. The first-order valence-electron chi connectivity index (χ1n) is 3.83. The molecule has 4 heteroatoms. The summed E-state index contributed by atoms with van der Waals surface area (Å²) in [6.07, 6.45) is 0. The Labute approximate surface area is 76.1 Å². The fourth-order valence-corrected chi connectivity index (χ4v) is 0.953. The zero-order valence-electron chi connectivity index (χ0n) is 7.52. The molecule has 0 atom stereocenters. The van der Waals surface area contributed by atoms with Crippen LogP contribution in [0.15, 0.2) is 29.3 Å². The number of benzene rings is 1. The Morgan fingerprint density at radius 1 is 1.38 bits per heavy atom. The van der Waals surface area contributed by atoms with Crippen molar-refractivity contribution in [3.63, 3.8) is 0 Å². The number of hydrogen-bond acceptors (Lipinski definition) is 3. The molecule has 0 heterocycles. The fraction of sp³-hybridized carbons (Fsp3) is 0.222. The Balaban J connectivity index is 3.00. The van der Waals surface area contributed by atoms with Gasteiger partial charge < -0.3 is 0 Å². The van der Waals surface area contributed by atoms with Gasteiger partial charge in [-0.3, -0.25) is 15.1 Å². The van der Waals surface area contributed by atoms with Crippen LogP contribution in [0.4, 0.5) is 5.69 Å². The van der Waals surface area contributed by atoms with E-state index in [0.29, 0.717) is 0 Å². The topological polar surface area (TPSA) is 55.5 Å². The highest BCUT2D eigenvalue weighted by Gasteiger charge is 2.04. The van der Waals surface area contributed by atoms with E-state index >= 15 is 0 Å². The van der Waals surface area contributed by atoms with Crippen LogP contribution in [0.1, 0.15) is 12.5 Å². The van der Waals surface area contributed by atoms with Crippen LogP contribution in [-0.2, 0) is 0 Å². The first kappa shape index (κ1) is 9.38. The monoisotopic (exact) mass is 178 g/mol. The fourth-order valence-electron chi connectivity index (χ4n) is 0.953. The molecule has 4 nitrogen and oxygen atoms in total. The molecule has 0 bridgehead atoms. The van der Waals surface area contributed by atoms with Crippen LogP contribution >= 0.6 is 0 Å². The minimum atomic E-state index is -0.414. The SMILES string of the molecule is CN=C(C)c1ccc([N+](=O)[O-])cc1. The Hall–Kier alpha value is -1.71. The van der Waals surface area contributed by atoms with Crippen molar-refractivity contribution < 1.29 is 4.92 Å². The van der Waals surface area contributed by atoms with Crippen LogP contribution in [0.2, 0.25) is 0 Å². The quantitative estimate of drug-likeness (QED) is 0.395. The highest BCUT2D eigenvalue weighted by molar-refractivity contribution is 5.98. The molecule has 13 heavy (non-hydrogen) atoms. The van der Waals surface area contributed by atoms with Crippen molar-refractivity contribution in [2.45, 2.75) is 6.92 Å². The molecule has 0 unspecified atom stereocenters. The number of nitrogens with zero attached hydrogens (tertiary/aromatic N) is 2. The molecule has 0 spiro atoms. The number of nitro groups is 1. The zero-order valence-corrected chi connectivity index (χ0v) is 7.52. The molecule has 0 saturated carbocycles. The minimum Gasteiger partial charge on any atom is -0.293 e. The number of non-ortho nitro benzene ring substituents is 1. The molecular weight excluding hydrogens is 168 g/mol. The predicted molar refractivity (Wildman–Crippen MR) is 51.2 cm³/mol. The van der Waals surface area contributed by atoms with Gasteiger partial charge in [-0.1, -0.05) is 0 Å². The maximum Gasteiger partial charge on any atom is 0.269 e. The number of nitro benzene ring substituents is 1. The Morgan fingerprint density at radius 2 is 1.92 bits per heavy atom. The summed E-state index contributed by atoms with van der Waals surface area (Å²) >= 11 is 0. The lowest BCUT2D eigenvalue weighted by molar-refractivity contribution is -0.384. The molecule has 1 rings (SSSR count). The highest BCUT2D eigenvalue weighted by Crippen LogP contribution is 2.12. The molecule has 0 amide bonds. The first-order chi connectivity index (χ1) is 6.15. The molecule has 1 aromatic rings. The van der Waals surface area contributed by atoms with E-state index in [-0.39, 0.29) is 5.69 Å². The van der Waals surface area contributed by atoms with E-state index < -0.39 is 4.92 Å². The summed E-state index contributed by atoms with van der Waals surface area (Å²) in [5.74, 6) is 0. The van der Waals surface area contributed by atoms with Crippen molar-refractivity contribution in [3.8, 4) is 0 Å². The van der Waals surface area contributed by atoms with Gasteiger partial charge in [0.25, 0.3) is 5.69 Å². The average Bonchev–Trinajstić information content (AvgIpc) is 2.17. The van der Waals surface area contributed by atoms with Crippen molar-refractivity contribution in [2.75, 3.05) is 7.05 Å². The summed E-state index contributed by atoms with van der Waals surface area (Å²) in [4.78, 5) is 13.9. The van der Waals surface area contributed by atoms with Gasteiger partial charge >= 0.3 is 0 Å². The Kier molecular flexibility index (Phi) is 2.74. The largest absolute Gasteiger partial charge is 0.293 e. The van der Waals surface area contributed by atoms with Crippen LogP contribution in [-0.4, -0.2) is 17.7 Å². The molecule has 0 fully saturated rings. The van der Waals surface area contributed by atoms with Crippen molar-refractivity contribution in [3.05, 3.63) is 39.9 Å². The second kappa shape index (κ2) is 3.80. The lowest BCUT2D eigenvalue weighted by Gasteiger charge is -1.97. The van der Waals surface area contributed by atoms with Crippen molar-refractivity contribution in [1.82, 2.24) is 0 Å². The maximum atomic E-state index is 10.3. The lowest BCUT2D eigenvalue weighted by Crippen LogP contribution is -1.94. The summed E-state index contributed by atoms with van der Waals surface area (Å²) in [5.41, 5.74) is 1.88. The average molecular weight is 178 g/mol. The lowest BCUT2D eigenvalue weighted by atomic mass is 10.1. The summed E-state index contributed by atoms with van der Waals surface area (Å²) in [5, 5.41) is 10.3.